The number of benzene rings is 2. The molecule has 2 aromatic carbocycles. The topological polar surface area (TPSA) is 57.8 Å². The number of rotatable bonds is 2. The summed E-state index contributed by atoms with van der Waals surface area (Å²) in [6.07, 6.45) is 1.67. The van der Waals surface area contributed by atoms with E-state index in [2.05, 4.69) is 15.5 Å². The van der Waals surface area contributed by atoms with Crippen LogP contribution in [0.25, 0.3) is 10.9 Å². The zero-order chi connectivity index (χ0) is 14.1. The summed E-state index contributed by atoms with van der Waals surface area (Å²) in [4.78, 5) is 12.4. The molecule has 2 N–H and O–H groups in total. The lowest BCUT2D eigenvalue weighted by Gasteiger charge is -2.10. The molecular formula is C16H15N3O. The minimum atomic E-state index is -0.120. The van der Waals surface area contributed by atoms with Gasteiger partial charge in [-0.3, -0.25) is 9.89 Å². The Kier molecular flexibility index (Phi) is 2.99. The van der Waals surface area contributed by atoms with Crippen LogP contribution in [0.15, 0.2) is 42.6 Å². The van der Waals surface area contributed by atoms with Crippen molar-refractivity contribution < 1.29 is 4.79 Å². The van der Waals surface area contributed by atoms with Gasteiger partial charge >= 0.3 is 0 Å². The molecule has 4 heteroatoms. The third-order valence-corrected chi connectivity index (χ3v) is 3.37. The molecule has 0 unspecified atom stereocenters. The third kappa shape index (κ3) is 2.16. The molecule has 0 fully saturated rings. The van der Waals surface area contributed by atoms with Crippen molar-refractivity contribution in [1.29, 1.82) is 0 Å². The third-order valence-electron chi connectivity index (χ3n) is 3.37. The second-order valence-corrected chi connectivity index (χ2v) is 4.91. The molecular weight excluding hydrogens is 250 g/mol. The van der Waals surface area contributed by atoms with E-state index in [0.29, 0.717) is 5.56 Å². The highest BCUT2D eigenvalue weighted by Gasteiger charge is 2.12. The van der Waals surface area contributed by atoms with Crippen molar-refractivity contribution in [2.24, 2.45) is 0 Å². The number of carbonyl (C=O) groups excluding carboxylic acids is 1. The smallest absolute Gasteiger partial charge is 0.256 e. The van der Waals surface area contributed by atoms with Crippen LogP contribution >= 0.6 is 0 Å². The molecule has 0 atom stereocenters. The SMILES string of the molecule is Cc1ccc(C)c(NC(=O)c2cccc3[nH]ncc23)c1. The van der Waals surface area contributed by atoms with E-state index in [1.807, 2.05) is 44.2 Å². The molecule has 0 aliphatic rings. The molecule has 100 valence electrons. The van der Waals surface area contributed by atoms with Crippen molar-refractivity contribution in [2.45, 2.75) is 13.8 Å². The molecule has 0 aliphatic heterocycles. The minimum Gasteiger partial charge on any atom is -0.322 e. The van der Waals surface area contributed by atoms with Crippen molar-refractivity contribution in [3.8, 4) is 0 Å². The van der Waals surface area contributed by atoms with Crippen LogP contribution < -0.4 is 5.32 Å². The first kappa shape index (κ1) is 12.4. The van der Waals surface area contributed by atoms with Crippen LogP contribution in [0.2, 0.25) is 0 Å². The number of aromatic amines is 1. The van der Waals surface area contributed by atoms with E-state index < -0.39 is 0 Å². The molecule has 20 heavy (non-hydrogen) atoms. The monoisotopic (exact) mass is 265 g/mol. The lowest BCUT2D eigenvalue weighted by molar-refractivity contribution is 0.102. The maximum absolute atomic E-state index is 12.4. The number of amides is 1. The molecule has 1 amide bonds. The van der Waals surface area contributed by atoms with E-state index in [-0.39, 0.29) is 5.91 Å². The zero-order valence-electron chi connectivity index (χ0n) is 11.4. The zero-order valence-corrected chi connectivity index (χ0v) is 11.4. The number of fused-ring (bicyclic) bond motifs is 1. The number of aromatic nitrogens is 2. The van der Waals surface area contributed by atoms with Crippen LogP contribution in [0, 0.1) is 13.8 Å². The Morgan fingerprint density at radius 3 is 2.90 bits per heavy atom. The maximum Gasteiger partial charge on any atom is 0.256 e. The van der Waals surface area contributed by atoms with Gasteiger partial charge in [0.25, 0.3) is 5.91 Å². The standard InChI is InChI=1S/C16H15N3O/c1-10-6-7-11(2)15(8-10)18-16(20)12-4-3-5-14-13(12)9-17-19-14/h3-9H,1-2H3,(H,17,19)(H,18,20). The van der Waals surface area contributed by atoms with Gasteiger partial charge in [0.2, 0.25) is 0 Å². The number of nitrogens with one attached hydrogen (secondary N) is 2. The predicted molar refractivity (Wildman–Crippen MR) is 80.0 cm³/mol. The first-order valence-electron chi connectivity index (χ1n) is 6.46. The summed E-state index contributed by atoms with van der Waals surface area (Å²) in [5.41, 5.74) is 4.49. The first-order valence-corrected chi connectivity index (χ1v) is 6.46. The lowest BCUT2D eigenvalue weighted by atomic mass is 10.1. The number of carbonyl (C=O) groups is 1. The highest BCUT2D eigenvalue weighted by atomic mass is 16.1. The maximum atomic E-state index is 12.4. The van der Waals surface area contributed by atoms with Crippen LogP contribution in [0.5, 0.6) is 0 Å². The Balaban J connectivity index is 1.97. The van der Waals surface area contributed by atoms with E-state index in [1.165, 1.54) is 0 Å². The molecule has 4 nitrogen and oxygen atoms in total. The molecule has 0 saturated carbocycles. The molecule has 0 aliphatic carbocycles. The van der Waals surface area contributed by atoms with E-state index >= 15 is 0 Å². The van der Waals surface area contributed by atoms with Crippen molar-refractivity contribution in [2.75, 3.05) is 5.32 Å². The highest BCUT2D eigenvalue weighted by Crippen LogP contribution is 2.20. The Morgan fingerprint density at radius 1 is 1.20 bits per heavy atom. The first-order chi connectivity index (χ1) is 9.65. The predicted octanol–water partition coefficient (Wildman–Crippen LogP) is 3.43. The van der Waals surface area contributed by atoms with Crippen molar-refractivity contribution in [3.05, 3.63) is 59.3 Å². The second-order valence-electron chi connectivity index (χ2n) is 4.91. The fourth-order valence-corrected chi connectivity index (χ4v) is 2.23. The summed E-state index contributed by atoms with van der Waals surface area (Å²) in [5, 5.41) is 10.6. The van der Waals surface area contributed by atoms with Crippen molar-refractivity contribution >= 4 is 22.5 Å². The number of hydrogen-bond donors (Lipinski definition) is 2. The minimum absolute atomic E-state index is 0.120. The van der Waals surface area contributed by atoms with E-state index in [1.54, 1.807) is 12.3 Å². The van der Waals surface area contributed by atoms with Gasteiger partial charge < -0.3 is 5.32 Å². The van der Waals surface area contributed by atoms with Gasteiger partial charge in [0.1, 0.15) is 0 Å². The van der Waals surface area contributed by atoms with Gasteiger partial charge in [-0.25, -0.2) is 0 Å². The summed E-state index contributed by atoms with van der Waals surface area (Å²) >= 11 is 0. The molecule has 0 bridgehead atoms. The average Bonchev–Trinajstić information content (AvgIpc) is 2.91. The second kappa shape index (κ2) is 4.81. The average molecular weight is 265 g/mol. The Bertz CT molecular complexity index is 789. The van der Waals surface area contributed by atoms with Crippen LogP contribution in [-0.4, -0.2) is 16.1 Å². The molecule has 0 spiro atoms. The fraction of sp³-hybridized carbons (Fsp3) is 0.125. The number of H-pyrrole nitrogens is 1. The van der Waals surface area contributed by atoms with Crippen LogP contribution in [0.1, 0.15) is 21.5 Å². The number of aryl methyl sites for hydroxylation is 2. The summed E-state index contributed by atoms with van der Waals surface area (Å²) in [7, 11) is 0. The molecule has 1 aromatic heterocycles. The highest BCUT2D eigenvalue weighted by molar-refractivity contribution is 6.12. The van der Waals surface area contributed by atoms with Gasteiger partial charge in [-0.1, -0.05) is 18.2 Å². The van der Waals surface area contributed by atoms with Gasteiger partial charge in [0.15, 0.2) is 0 Å². The summed E-state index contributed by atoms with van der Waals surface area (Å²) in [6, 6.07) is 11.6. The molecule has 3 rings (SSSR count). The summed E-state index contributed by atoms with van der Waals surface area (Å²) in [5.74, 6) is -0.120. The Labute approximate surface area is 116 Å². The van der Waals surface area contributed by atoms with E-state index in [4.69, 9.17) is 0 Å². The quantitative estimate of drug-likeness (QED) is 0.745. The fourth-order valence-electron chi connectivity index (χ4n) is 2.23. The van der Waals surface area contributed by atoms with Crippen LogP contribution in [0.3, 0.4) is 0 Å². The number of hydrogen-bond acceptors (Lipinski definition) is 2. The van der Waals surface area contributed by atoms with Crippen LogP contribution in [-0.2, 0) is 0 Å². The van der Waals surface area contributed by atoms with Gasteiger partial charge in [-0.15, -0.1) is 0 Å². The molecule has 1 heterocycles. The van der Waals surface area contributed by atoms with Gasteiger partial charge in [0.05, 0.1) is 17.3 Å². The Hall–Kier alpha value is -2.62. The van der Waals surface area contributed by atoms with Gasteiger partial charge in [0, 0.05) is 11.1 Å². The van der Waals surface area contributed by atoms with E-state index in [0.717, 1.165) is 27.7 Å². The molecule has 0 radical (unpaired) electrons. The summed E-state index contributed by atoms with van der Waals surface area (Å²) < 4.78 is 0. The Morgan fingerprint density at radius 2 is 2.05 bits per heavy atom. The number of nitrogens with zero attached hydrogens (tertiary/aromatic N) is 1. The van der Waals surface area contributed by atoms with Gasteiger partial charge in [-0.2, -0.15) is 5.10 Å². The largest absolute Gasteiger partial charge is 0.322 e. The van der Waals surface area contributed by atoms with Crippen molar-refractivity contribution in [3.63, 3.8) is 0 Å². The van der Waals surface area contributed by atoms with Gasteiger partial charge in [-0.05, 0) is 43.2 Å². The summed E-state index contributed by atoms with van der Waals surface area (Å²) in [6.45, 7) is 3.99. The van der Waals surface area contributed by atoms with E-state index in [9.17, 15) is 4.79 Å². The molecule has 3 aromatic rings. The molecule has 0 saturated heterocycles. The lowest BCUT2D eigenvalue weighted by Crippen LogP contribution is -2.13. The van der Waals surface area contributed by atoms with Crippen LogP contribution in [0.4, 0.5) is 5.69 Å². The van der Waals surface area contributed by atoms with Crippen molar-refractivity contribution in [1.82, 2.24) is 10.2 Å². The number of anilines is 1. The normalized spacial score (nSPS) is 10.7.